The molecular formula is C11H20O2. The van der Waals surface area contributed by atoms with E-state index in [2.05, 4.69) is 20.8 Å². The van der Waals surface area contributed by atoms with Crippen LogP contribution < -0.4 is 0 Å². The zero-order chi connectivity index (χ0) is 10.1. The summed E-state index contributed by atoms with van der Waals surface area (Å²) in [6, 6.07) is 0. The van der Waals surface area contributed by atoms with Gasteiger partial charge in [0.05, 0.1) is 0 Å². The molecule has 0 bridgehead atoms. The summed E-state index contributed by atoms with van der Waals surface area (Å²) in [6.45, 7) is 6.60. The molecule has 13 heavy (non-hydrogen) atoms. The zero-order valence-corrected chi connectivity index (χ0v) is 8.84. The lowest BCUT2D eigenvalue weighted by atomic mass is 9.63. The first-order chi connectivity index (χ1) is 5.93. The van der Waals surface area contributed by atoms with E-state index in [1.807, 2.05) is 0 Å². The first-order valence-corrected chi connectivity index (χ1v) is 5.15. The molecule has 1 saturated carbocycles. The molecule has 1 aliphatic rings. The number of carbonyl (C=O) groups is 1. The lowest BCUT2D eigenvalue weighted by Gasteiger charge is -2.42. The maximum atomic E-state index is 10.7. The molecule has 0 spiro atoms. The molecule has 2 nitrogen and oxygen atoms in total. The van der Waals surface area contributed by atoms with E-state index < -0.39 is 5.97 Å². The van der Waals surface area contributed by atoms with Crippen molar-refractivity contribution in [3.63, 3.8) is 0 Å². The van der Waals surface area contributed by atoms with Crippen molar-refractivity contribution in [1.82, 2.24) is 0 Å². The number of rotatable bonds is 2. The Bertz CT molecular complexity index is 196. The van der Waals surface area contributed by atoms with Crippen molar-refractivity contribution in [2.24, 2.45) is 17.3 Å². The Morgan fingerprint density at radius 3 is 2.62 bits per heavy atom. The summed E-state index contributed by atoms with van der Waals surface area (Å²) in [5.41, 5.74) is 0.218. The van der Waals surface area contributed by atoms with Crippen molar-refractivity contribution in [3.05, 3.63) is 0 Å². The van der Waals surface area contributed by atoms with Gasteiger partial charge in [-0.05, 0) is 23.7 Å². The van der Waals surface area contributed by atoms with Gasteiger partial charge in [0.1, 0.15) is 0 Å². The van der Waals surface area contributed by atoms with E-state index >= 15 is 0 Å². The Hall–Kier alpha value is -0.530. The van der Waals surface area contributed by atoms with Crippen molar-refractivity contribution in [2.45, 2.75) is 46.5 Å². The van der Waals surface area contributed by atoms with E-state index in [4.69, 9.17) is 5.11 Å². The second kappa shape index (κ2) is 3.69. The van der Waals surface area contributed by atoms with Gasteiger partial charge >= 0.3 is 5.97 Å². The summed E-state index contributed by atoms with van der Waals surface area (Å²) in [4.78, 5) is 10.7. The number of carboxylic acid groups (broad SMARTS) is 1. The predicted octanol–water partition coefficient (Wildman–Crippen LogP) is 2.92. The number of carboxylic acids is 1. The van der Waals surface area contributed by atoms with Crippen LogP contribution in [0.4, 0.5) is 0 Å². The topological polar surface area (TPSA) is 37.3 Å². The molecule has 1 N–H and O–H groups in total. The van der Waals surface area contributed by atoms with E-state index in [-0.39, 0.29) is 5.41 Å². The van der Waals surface area contributed by atoms with Crippen LogP contribution in [0.1, 0.15) is 46.5 Å². The molecule has 1 rings (SSSR count). The third kappa shape index (κ3) is 2.45. The van der Waals surface area contributed by atoms with Gasteiger partial charge in [-0.15, -0.1) is 0 Å². The van der Waals surface area contributed by atoms with Crippen LogP contribution in [-0.2, 0) is 4.79 Å². The summed E-state index contributed by atoms with van der Waals surface area (Å²) in [6.07, 6.45) is 3.97. The molecule has 0 unspecified atom stereocenters. The van der Waals surface area contributed by atoms with Crippen molar-refractivity contribution in [2.75, 3.05) is 0 Å². The van der Waals surface area contributed by atoms with Gasteiger partial charge < -0.3 is 5.11 Å². The van der Waals surface area contributed by atoms with Gasteiger partial charge in [0.2, 0.25) is 0 Å². The first kappa shape index (κ1) is 10.6. The van der Waals surface area contributed by atoms with Crippen LogP contribution in [0.5, 0.6) is 0 Å². The molecule has 0 aliphatic heterocycles. The lowest BCUT2D eigenvalue weighted by Crippen LogP contribution is -2.35. The quantitative estimate of drug-likeness (QED) is 0.716. The van der Waals surface area contributed by atoms with Gasteiger partial charge in [-0.3, -0.25) is 4.79 Å². The Balaban J connectivity index is 2.68. The summed E-state index contributed by atoms with van der Waals surface area (Å²) >= 11 is 0. The van der Waals surface area contributed by atoms with Crippen LogP contribution in [0, 0.1) is 17.3 Å². The molecule has 2 heteroatoms. The fraction of sp³-hybridized carbons (Fsp3) is 0.909. The lowest BCUT2D eigenvalue weighted by molar-refractivity contribution is -0.140. The Kier molecular flexibility index (Phi) is 2.99. The van der Waals surface area contributed by atoms with Crippen LogP contribution in [0.2, 0.25) is 0 Å². The minimum absolute atomic E-state index is 0.218. The third-order valence-electron chi connectivity index (χ3n) is 3.57. The van der Waals surface area contributed by atoms with Crippen LogP contribution >= 0.6 is 0 Å². The molecule has 0 saturated heterocycles. The molecule has 0 aromatic heterocycles. The van der Waals surface area contributed by atoms with Crippen molar-refractivity contribution >= 4 is 5.97 Å². The summed E-state index contributed by atoms with van der Waals surface area (Å²) in [5, 5.41) is 8.82. The maximum Gasteiger partial charge on any atom is 0.303 e. The average Bonchev–Trinajstić information content (AvgIpc) is 1.96. The van der Waals surface area contributed by atoms with Gasteiger partial charge in [0, 0.05) is 6.42 Å². The van der Waals surface area contributed by atoms with Crippen LogP contribution in [0.25, 0.3) is 0 Å². The van der Waals surface area contributed by atoms with E-state index in [0.29, 0.717) is 18.3 Å². The Morgan fingerprint density at radius 2 is 2.15 bits per heavy atom. The molecule has 0 amide bonds. The van der Waals surface area contributed by atoms with Crippen molar-refractivity contribution < 1.29 is 9.90 Å². The van der Waals surface area contributed by atoms with Gasteiger partial charge in [-0.25, -0.2) is 0 Å². The minimum Gasteiger partial charge on any atom is -0.481 e. The molecule has 0 aromatic carbocycles. The third-order valence-corrected chi connectivity index (χ3v) is 3.57. The summed E-state index contributed by atoms with van der Waals surface area (Å²) in [5.74, 6) is 0.283. The molecule has 0 aromatic rings. The Labute approximate surface area is 80.3 Å². The Morgan fingerprint density at radius 1 is 1.54 bits per heavy atom. The van der Waals surface area contributed by atoms with Gasteiger partial charge in [0.15, 0.2) is 0 Å². The average molecular weight is 184 g/mol. The molecule has 1 fully saturated rings. The van der Waals surface area contributed by atoms with Crippen LogP contribution in [0.3, 0.4) is 0 Å². The van der Waals surface area contributed by atoms with Gasteiger partial charge in [0.25, 0.3) is 0 Å². The number of hydrogen-bond donors (Lipinski definition) is 1. The minimum atomic E-state index is -0.646. The van der Waals surface area contributed by atoms with Gasteiger partial charge in [-0.2, -0.15) is 0 Å². The zero-order valence-electron chi connectivity index (χ0n) is 8.84. The van der Waals surface area contributed by atoms with E-state index in [1.165, 1.54) is 19.3 Å². The highest BCUT2D eigenvalue weighted by Gasteiger charge is 2.37. The standard InChI is InChI=1S/C11H20O2/c1-8-5-4-6-11(2,3)9(8)7-10(12)13/h8-9H,4-7H2,1-3H3,(H,12,13)/t8-,9-/m0/s1. The largest absolute Gasteiger partial charge is 0.481 e. The first-order valence-electron chi connectivity index (χ1n) is 5.15. The molecule has 76 valence electrons. The van der Waals surface area contributed by atoms with Crippen molar-refractivity contribution in [3.8, 4) is 0 Å². The highest BCUT2D eigenvalue weighted by molar-refractivity contribution is 5.67. The monoisotopic (exact) mass is 184 g/mol. The smallest absolute Gasteiger partial charge is 0.303 e. The van der Waals surface area contributed by atoms with E-state index in [0.717, 1.165) is 0 Å². The maximum absolute atomic E-state index is 10.7. The second-order valence-electron chi connectivity index (χ2n) is 5.06. The SMILES string of the molecule is C[C@H]1CCCC(C)(C)[C@H]1CC(=O)O. The normalized spacial score (nSPS) is 32.8. The number of hydrogen-bond acceptors (Lipinski definition) is 1. The summed E-state index contributed by atoms with van der Waals surface area (Å²) < 4.78 is 0. The van der Waals surface area contributed by atoms with Crippen LogP contribution in [-0.4, -0.2) is 11.1 Å². The molecule has 1 aliphatic carbocycles. The highest BCUT2D eigenvalue weighted by Crippen LogP contribution is 2.45. The second-order valence-corrected chi connectivity index (χ2v) is 5.06. The number of aliphatic carboxylic acids is 1. The van der Waals surface area contributed by atoms with Gasteiger partial charge in [-0.1, -0.05) is 33.6 Å². The molecular weight excluding hydrogens is 164 g/mol. The molecule has 0 heterocycles. The fourth-order valence-corrected chi connectivity index (χ4v) is 2.70. The fourth-order valence-electron chi connectivity index (χ4n) is 2.70. The van der Waals surface area contributed by atoms with Crippen molar-refractivity contribution in [1.29, 1.82) is 0 Å². The van der Waals surface area contributed by atoms with E-state index in [9.17, 15) is 4.79 Å². The predicted molar refractivity (Wildman–Crippen MR) is 52.5 cm³/mol. The summed E-state index contributed by atoms with van der Waals surface area (Å²) in [7, 11) is 0. The molecule has 0 radical (unpaired) electrons. The molecule has 2 atom stereocenters. The van der Waals surface area contributed by atoms with E-state index in [1.54, 1.807) is 0 Å². The highest BCUT2D eigenvalue weighted by atomic mass is 16.4. The van der Waals surface area contributed by atoms with Crippen LogP contribution in [0.15, 0.2) is 0 Å².